The summed E-state index contributed by atoms with van der Waals surface area (Å²) in [6.07, 6.45) is 2.80. The van der Waals surface area contributed by atoms with Gasteiger partial charge in [-0.1, -0.05) is 32.0 Å². The molecule has 3 aromatic rings. The Kier molecular flexibility index (Phi) is 5.24. The zero-order valence-electron chi connectivity index (χ0n) is 15.8. The third-order valence-corrected chi connectivity index (χ3v) is 4.26. The summed E-state index contributed by atoms with van der Waals surface area (Å²) in [4.78, 5) is 17.4. The smallest absolute Gasteiger partial charge is 0.269 e. The largest absolute Gasteiger partial charge is 0.438 e. The van der Waals surface area contributed by atoms with Gasteiger partial charge in [-0.15, -0.1) is 0 Å². The minimum Gasteiger partial charge on any atom is -0.438 e. The number of aromatic nitrogens is 2. The van der Waals surface area contributed by atoms with E-state index in [4.69, 9.17) is 15.3 Å². The van der Waals surface area contributed by atoms with Crippen LogP contribution in [0.2, 0.25) is 0 Å². The summed E-state index contributed by atoms with van der Waals surface area (Å²) in [6.45, 7) is 6.04. The molecule has 0 N–H and O–H groups in total. The fraction of sp³-hybridized carbons (Fsp3) is 0.182. The highest BCUT2D eigenvalue weighted by atomic mass is 16.5. The third kappa shape index (κ3) is 3.62. The van der Waals surface area contributed by atoms with Gasteiger partial charge in [0.1, 0.15) is 34.7 Å². The molecule has 2 heterocycles. The molecule has 0 radical (unpaired) electrons. The summed E-state index contributed by atoms with van der Waals surface area (Å²) in [7, 11) is 0. The maximum absolute atomic E-state index is 13.0. The van der Waals surface area contributed by atoms with Crippen LogP contribution >= 0.6 is 0 Å². The van der Waals surface area contributed by atoms with E-state index in [0.29, 0.717) is 11.4 Å². The molecule has 0 atom stereocenters. The van der Waals surface area contributed by atoms with Crippen LogP contribution in [0.1, 0.15) is 36.5 Å². The molecule has 0 aliphatic heterocycles. The molecule has 1 aromatic carbocycles. The number of hydrogen-bond donors (Lipinski definition) is 0. The predicted molar refractivity (Wildman–Crippen MR) is 106 cm³/mol. The van der Waals surface area contributed by atoms with Crippen molar-refractivity contribution in [3.63, 3.8) is 0 Å². The number of aryl methyl sites for hydroxylation is 1. The highest BCUT2D eigenvalue weighted by molar-refractivity contribution is 5.66. The number of ether oxygens (including phenoxy) is 1. The lowest BCUT2D eigenvalue weighted by atomic mass is 10.0. The Balaban J connectivity index is 2.28. The number of fused-ring (bicyclic) bond motifs is 1. The summed E-state index contributed by atoms with van der Waals surface area (Å²) in [6, 6.07) is 14.6. The topological polar surface area (TPSA) is 91.2 Å². The summed E-state index contributed by atoms with van der Waals surface area (Å²) in [5.74, 6) is 0.851. The normalized spacial score (nSPS) is 10.4. The van der Waals surface area contributed by atoms with Crippen LogP contribution in [0, 0.1) is 29.6 Å². The molecule has 0 bridgehead atoms. The zero-order chi connectivity index (χ0) is 20.3. The molecule has 6 heteroatoms. The molecule has 0 amide bonds. The third-order valence-electron chi connectivity index (χ3n) is 4.26. The number of pyridine rings is 1. The Labute approximate surface area is 162 Å². The Hall–Kier alpha value is -3.90. The molecule has 0 unspecified atom stereocenters. The van der Waals surface area contributed by atoms with Gasteiger partial charge in [-0.05, 0) is 48.2 Å². The van der Waals surface area contributed by atoms with Crippen LogP contribution in [0.25, 0.3) is 11.7 Å². The van der Waals surface area contributed by atoms with Gasteiger partial charge in [0.05, 0.1) is 0 Å². The standard InChI is InChI=1S/C22H18N4O2/c1-14(2)17-8-7-15(3)10-19(17)28-21-18(11-16(12-23)13-24)22(27)26-9-5-4-6-20(26)25-21/h4-11,14H,1-3H3. The van der Waals surface area contributed by atoms with Crippen molar-refractivity contribution in [1.29, 1.82) is 10.5 Å². The second-order valence-electron chi connectivity index (χ2n) is 6.64. The van der Waals surface area contributed by atoms with Crippen LogP contribution in [-0.2, 0) is 0 Å². The monoisotopic (exact) mass is 370 g/mol. The molecule has 2 aromatic heterocycles. The van der Waals surface area contributed by atoms with Gasteiger partial charge < -0.3 is 4.74 Å². The fourth-order valence-electron chi connectivity index (χ4n) is 2.83. The van der Waals surface area contributed by atoms with Crippen molar-refractivity contribution < 1.29 is 4.74 Å². The zero-order valence-corrected chi connectivity index (χ0v) is 15.8. The lowest BCUT2D eigenvalue weighted by Gasteiger charge is -2.15. The molecular weight excluding hydrogens is 352 g/mol. The molecule has 138 valence electrons. The predicted octanol–water partition coefficient (Wildman–Crippen LogP) is 4.35. The number of rotatable bonds is 4. The molecule has 0 saturated carbocycles. The molecule has 0 saturated heterocycles. The molecule has 3 rings (SSSR count). The van der Waals surface area contributed by atoms with Crippen LogP contribution in [0.15, 0.2) is 53.0 Å². The minimum absolute atomic E-state index is 0.0537. The van der Waals surface area contributed by atoms with Crippen molar-refractivity contribution in [3.05, 3.63) is 75.2 Å². The quantitative estimate of drug-likeness (QED) is 0.637. The van der Waals surface area contributed by atoms with Crippen molar-refractivity contribution in [3.8, 4) is 23.8 Å². The maximum Gasteiger partial charge on any atom is 0.269 e. The van der Waals surface area contributed by atoms with Crippen LogP contribution in [-0.4, -0.2) is 9.38 Å². The van der Waals surface area contributed by atoms with Crippen LogP contribution < -0.4 is 10.3 Å². The first-order chi connectivity index (χ1) is 13.4. The molecule has 0 aliphatic rings. The highest BCUT2D eigenvalue weighted by Gasteiger charge is 2.17. The summed E-state index contributed by atoms with van der Waals surface area (Å²) in [5, 5.41) is 18.2. The molecule has 6 nitrogen and oxygen atoms in total. The molecule has 0 fully saturated rings. The molecule has 0 aliphatic carbocycles. The second kappa shape index (κ2) is 7.77. The van der Waals surface area contributed by atoms with E-state index < -0.39 is 5.56 Å². The first kappa shape index (κ1) is 18.9. The van der Waals surface area contributed by atoms with E-state index in [1.165, 1.54) is 10.5 Å². The Morgan fingerprint density at radius 2 is 1.96 bits per heavy atom. The number of nitrogens with zero attached hydrogens (tertiary/aromatic N) is 4. The Morgan fingerprint density at radius 3 is 2.64 bits per heavy atom. The van der Waals surface area contributed by atoms with E-state index in [9.17, 15) is 4.79 Å². The van der Waals surface area contributed by atoms with Gasteiger partial charge in [-0.3, -0.25) is 9.20 Å². The van der Waals surface area contributed by atoms with Gasteiger partial charge in [-0.25, -0.2) is 0 Å². The van der Waals surface area contributed by atoms with E-state index in [1.807, 2.05) is 39.0 Å². The summed E-state index contributed by atoms with van der Waals surface area (Å²) >= 11 is 0. The van der Waals surface area contributed by atoms with Crippen LogP contribution in [0.3, 0.4) is 0 Å². The first-order valence-electron chi connectivity index (χ1n) is 8.76. The van der Waals surface area contributed by atoms with Crippen molar-refractivity contribution in [2.45, 2.75) is 26.7 Å². The van der Waals surface area contributed by atoms with Crippen molar-refractivity contribution in [2.24, 2.45) is 0 Å². The van der Waals surface area contributed by atoms with E-state index in [-0.39, 0.29) is 22.9 Å². The second-order valence-corrected chi connectivity index (χ2v) is 6.64. The molecule has 28 heavy (non-hydrogen) atoms. The number of hydrogen-bond acceptors (Lipinski definition) is 5. The Morgan fingerprint density at radius 1 is 1.21 bits per heavy atom. The van der Waals surface area contributed by atoms with Crippen molar-refractivity contribution in [1.82, 2.24) is 9.38 Å². The maximum atomic E-state index is 13.0. The first-order valence-corrected chi connectivity index (χ1v) is 8.76. The molecule has 0 spiro atoms. The van der Waals surface area contributed by atoms with E-state index >= 15 is 0 Å². The summed E-state index contributed by atoms with van der Waals surface area (Å²) in [5.41, 5.74) is 1.82. The van der Waals surface area contributed by atoms with Crippen LogP contribution in [0.4, 0.5) is 0 Å². The highest BCUT2D eigenvalue weighted by Crippen LogP contribution is 2.32. The minimum atomic E-state index is -0.414. The van der Waals surface area contributed by atoms with Crippen molar-refractivity contribution >= 4 is 11.7 Å². The van der Waals surface area contributed by atoms with Crippen LogP contribution in [0.5, 0.6) is 11.6 Å². The average molecular weight is 370 g/mol. The SMILES string of the molecule is Cc1ccc(C(C)C)c(Oc2nc3ccccn3c(=O)c2C=C(C#N)C#N)c1. The van der Waals surface area contributed by atoms with E-state index in [2.05, 4.69) is 4.98 Å². The average Bonchev–Trinajstić information content (AvgIpc) is 2.68. The van der Waals surface area contributed by atoms with Gasteiger partial charge >= 0.3 is 0 Å². The Bertz CT molecular complexity index is 1210. The lowest BCUT2D eigenvalue weighted by Crippen LogP contribution is -2.19. The van der Waals surface area contributed by atoms with Gasteiger partial charge in [0.2, 0.25) is 5.88 Å². The number of benzene rings is 1. The van der Waals surface area contributed by atoms with E-state index in [1.54, 1.807) is 36.5 Å². The van der Waals surface area contributed by atoms with Gasteiger partial charge in [0.25, 0.3) is 5.56 Å². The van der Waals surface area contributed by atoms with Gasteiger partial charge in [-0.2, -0.15) is 15.5 Å². The van der Waals surface area contributed by atoms with E-state index in [0.717, 1.165) is 11.1 Å². The van der Waals surface area contributed by atoms with Gasteiger partial charge in [0.15, 0.2) is 0 Å². The fourth-order valence-corrected chi connectivity index (χ4v) is 2.83. The number of allylic oxidation sites excluding steroid dienone is 1. The number of nitriles is 2. The molecular formula is C22H18N4O2. The summed E-state index contributed by atoms with van der Waals surface area (Å²) < 4.78 is 7.43. The lowest BCUT2D eigenvalue weighted by molar-refractivity contribution is 0.452. The van der Waals surface area contributed by atoms with Gasteiger partial charge in [0, 0.05) is 6.20 Å². The van der Waals surface area contributed by atoms with Crippen molar-refractivity contribution in [2.75, 3.05) is 0 Å².